The van der Waals surface area contributed by atoms with Crippen molar-refractivity contribution in [3.63, 3.8) is 0 Å². The molecule has 78 valence electrons. The number of hydrogen-bond acceptors (Lipinski definition) is 3. The molecular formula is C13H9NS2. The van der Waals surface area contributed by atoms with Crippen LogP contribution in [0.15, 0.2) is 52.0 Å². The van der Waals surface area contributed by atoms with Gasteiger partial charge >= 0.3 is 0 Å². The number of hydrogen-bond donors (Lipinski definition) is 0. The highest BCUT2D eigenvalue weighted by atomic mass is 32.1. The summed E-state index contributed by atoms with van der Waals surface area (Å²) in [6, 6.07) is 8.37. The van der Waals surface area contributed by atoms with Crippen molar-refractivity contribution in [1.29, 1.82) is 0 Å². The van der Waals surface area contributed by atoms with Crippen LogP contribution in [0.25, 0.3) is 22.4 Å². The molecule has 0 saturated carbocycles. The van der Waals surface area contributed by atoms with Crippen LogP contribution < -0.4 is 0 Å². The molecule has 3 heteroatoms. The zero-order chi connectivity index (χ0) is 10.8. The minimum absolute atomic E-state index is 1.07. The Balaban J connectivity index is 2.19. The Labute approximate surface area is 102 Å². The SMILES string of the molecule is c1cnc(-c2ccsc2)c(-c2ccsc2)c1. The average Bonchev–Trinajstić information content (AvgIpc) is 3.03. The number of aromatic nitrogens is 1. The predicted molar refractivity (Wildman–Crippen MR) is 70.9 cm³/mol. The van der Waals surface area contributed by atoms with E-state index in [4.69, 9.17) is 0 Å². The highest BCUT2D eigenvalue weighted by Gasteiger charge is 2.08. The average molecular weight is 243 g/mol. The monoisotopic (exact) mass is 243 g/mol. The van der Waals surface area contributed by atoms with Crippen LogP contribution in [0, 0.1) is 0 Å². The molecule has 1 nitrogen and oxygen atoms in total. The van der Waals surface area contributed by atoms with E-state index < -0.39 is 0 Å². The van der Waals surface area contributed by atoms with E-state index in [1.807, 2.05) is 12.3 Å². The molecule has 0 radical (unpaired) electrons. The summed E-state index contributed by atoms with van der Waals surface area (Å²) < 4.78 is 0. The quantitative estimate of drug-likeness (QED) is 0.644. The van der Waals surface area contributed by atoms with Crippen molar-refractivity contribution in [1.82, 2.24) is 4.98 Å². The fourth-order valence-electron chi connectivity index (χ4n) is 1.69. The van der Waals surface area contributed by atoms with Crippen molar-refractivity contribution in [2.24, 2.45) is 0 Å². The summed E-state index contributed by atoms with van der Waals surface area (Å²) >= 11 is 3.42. The Kier molecular flexibility index (Phi) is 2.56. The second-order valence-corrected chi connectivity index (χ2v) is 4.98. The van der Waals surface area contributed by atoms with Gasteiger partial charge in [0.1, 0.15) is 0 Å². The minimum Gasteiger partial charge on any atom is -0.256 e. The Morgan fingerprint density at radius 2 is 1.62 bits per heavy atom. The molecule has 0 atom stereocenters. The summed E-state index contributed by atoms with van der Waals surface area (Å²) in [5, 5.41) is 8.48. The van der Waals surface area contributed by atoms with Crippen molar-refractivity contribution in [2.45, 2.75) is 0 Å². The summed E-state index contributed by atoms with van der Waals surface area (Å²) in [4.78, 5) is 4.49. The third-order valence-corrected chi connectivity index (χ3v) is 3.80. The molecule has 3 aromatic heterocycles. The maximum Gasteiger partial charge on any atom is 0.0788 e. The number of nitrogens with zero attached hydrogens (tertiary/aromatic N) is 1. The molecule has 0 spiro atoms. The van der Waals surface area contributed by atoms with Crippen molar-refractivity contribution in [2.75, 3.05) is 0 Å². The van der Waals surface area contributed by atoms with Crippen molar-refractivity contribution >= 4 is 22.7 Å². The van der Waals surface area contributed by atoms with Gasteiger partial charge in [-0.15, -0.1) is 0 Å². The number of thiophene rings is 2. The molecule has 0 amide bonds. The first kappa shape index (κ1) is 9.75. The van der Waals surface area contributed by atoms with Gasteiger partial charge in [-0.1, -0.05) is 6.07 Å². The van der Waals surface area contributed by atoms with Gasteiger partial charge in [0.2, 0.25) is 0 Å². The third-order valence-electron chi connectivity index (χ3n) is 2.43. The van der Waals surface area contributed by atoms with Crippen LogP contribution in [0.1, 0.15) is 0 Å². The molecule has 0 aliphatic rings. The highest BCUT2D eigenvalue weighted by molar-refractivity contribution is 7.08. The van der Waals surface area contributed by atoms with E-state index in [2.05, 4.69) is 44.7 Å². The smallest absolute Gasteiger partial charge is 0.0788 e. The van der Waals surface area contributed by atoms with E-state index in [1.165, 1.54) is 16.7 Å². The topological polar surface area (TPSA) is 12.9 Å². The molecule has 0 unspecified atom stereocenters. The minimum atomic E-state index is 1.07. The summed E-state index contributed by atoms with van der Waals surface area (Å²) in [7, 11) is 0. The fraction of sp³-hybridized carbons (Fsp3) is 0. The van der Waals surface area contributed by atoms with Crippen LogP contribution in [0.5, 0.6) is 0 Å². The molecule has 0 bridgehead atoms. The lowest BCUT2D eigenvalue weighted by atomic mass is 10.0. The normalized spacial score (nSPS) is 10.5. The van der Waals surface area contributed by atoms with E-state index in [-0.39, 0.29) is 0 Å². The number of pyridine rings is 1. The summed E-state index contributed by atoms with van der Waals surface area (Å²) in [6.45, 7) is 0. The predicted octanol–water partition coefficient (Wildman–Crippen LogP) is 4.54. The Morgan fingerprint density at radius 1 is 0.875 bits per heavy atom. The molecule has 16 heavy (non-hydrogen) atoms. The van der Waals surface area contributed by atoms with Crippen LogP contribution >= 0.6 is 22.7 Å². The van der Waals surface area contributed by atoms with Gasteiger partial charge in [0.25, 0.3) is 0 Å². The first-order valence-corrected chi connectivity index (χ1v) is 6.84. The van der Waals surface area contributed by atoms with E-state index in [1.54, 1.807) is 22.7 Å². The van der Waals surface area contributed by atoms with E-state index in [0.29, 0.717) is 0 Å². The molecule has 3 rings (SSSR count). The van der Waals surface area contributed by atoms with Gasteiger partial charge in [-0.25, -0.2) is 0 Å². The second-order valence-electron chi connectivity index (χ2n) is 3.42. The van der Waals surface area contributed by atoms with Gasteiger partial charge in [-0.05, 0) is 39.9 Å². The van der Waals surface area contributed by atoms with Gasteiger partial charge in [0.05, 0.1) is 5.69 Å². The van der Waals surface area contributed by atoms with Crippen LogP contribution in [0.2, 0.25) is 0 Å². The summed E-state index contributed by atoms with van der Waals surface area (Å²) in [6.07, 6.45) is 1.85. The van der Waals surface area contributed by atoms with Crippen LogP contribution in [0.3, 0.4) is 0 Å². The molecule has 3 aromatic rings. The standard InChI is InChI=1S/C13H9NS2/c1-2-12(10-3-6-15-8-10)13(14-5-1)11-4-7-16-9-11/h1-9H. The lowest BCUT2D eigenvalue weighted by molar-refractivity contribution is 1.33. The van der Waals surface area contributed by atoms with Crippen LogP contribution in [-0.2, 0) is 0 Å². The van der Waals surface area contributed by atoms with Crippen molar-refractivity contribution in [3.05, 3.63) is 52.0 Å². The van der Waals surface area contributed by atoms with E-state index >= 15 is 0 Å². The summed E-state index contributed by atoms with van der Waals surface area (Å²) in [5.41, 5.74) is 4.73. The molecule has 0 N–H and O–H groups in total. The van der Waals surface area contributed by atoms with Crippen LogP contribution in [-0.4, -0.2) is 4.98 Å². The first-order valence-electron chi connectivity index (χ1n) is 4.95. The second kappa shape index (κ2) is 4.20. The van der Waals surface area contributed by atoms with Gasteiger partial charge < -0.3 is 0 Å². The Bertz CT molecular complexity index is 515. The first-order chi connectivity index (χ1) is 7.95. The van der Waals surface area contributed by atoms with Crippen LogP contribution in [0.4, 0.5) is 0 Å². The molecule has 0 aliphatic heterocycles. The van der Waals surface area contributed by atoms with Crippen molar-refractivity contribution < 1.29 is 0 Å². The molecule has 0 aliphatic carbocycles. The zero-order valence-corrected chi connectivity index (χ0v) is 10.1. The molecule has 0 saturated heterocycles. The Hall–Kier alpha value is -1.45. The van der Waals surface area contributed by atoms with Gasteiger partial charge in [-0.2, -0.15) is 22.7 Å². The van der Waals surface area contributed by atoms with Gasteiger partial charge in [0.15, 0.2) is 0 Å². The third kappa shape index (κ3) is 1.68. The maximum atomic E-state index is 4.49. The highest BCUT2D eigenvalue weighted by Crippen LogP contribution is 2.32. The summed E-state index contributed by atoms with van der Waals surface area (Å²) in [5.74, 6) is 0. The molecular weight excluding hydrogens is 234 g/mol. The maximum absolute atomic E-state index is 4.49. The zero-order valence-electron chi connectivity index (χ0n) is 8.46. The lowest BCUT2D eigenvalue weighted by Gasteiger charge is -2.04. The molecule has 0 fully saturated rings. The molecule has 3 heterocycles. The molecule has 0 aromatic carbocycles. The van der Waals surface area contributed by atoms with E-state index in [9.17, 15) is 0 Å². The van der Waals surface area contributed by atoms with E-state index in [0.717, 1.165) is 5.69 Å². The van der Waals surface area contributed by atoms with Crippen molar-refractivity contribution in [3.8, 4) is 22.4 Å². The number of rotatable bonds is 2. The largest absolute Gasteiger partial charge is 0.256 e. The lowest BCUT2D eigenvalue weighted by Crippen LogP contribution is -1.85. The van der Waals surface area contributed by atoms with Gasteiger partial charge in [0, 0.05) is 22.7 Å². The Morgan fingerprint density at radius 3 is 2.31 bits per heavy atom. The fourth-order valence-corrected chi connectivity index (χ4v) is 2.98. The van der Waals surface area contributed by atoms with Gasteiger partial charge in [-0.3, -0.25) is 4.98 Å².